The first-order chi connectivity index (χ1) is 25.2. The number of benzene rings is 2. The first-order valence-electron chi connectivity index (χ1n) is 16.7. The summed E-state index contributed by atoms with van der Waals surface area (Å²) in [6.07, 6.45) is 9.47. The molecule has 7 rings (SSSR count). The van der Waals surface area contributed by atoms with Crippen molar-refractivity contribution in [3.8, 4) is 0 Å². The minimum Gasteiger partial charge on any atom is -0.356 e. The maximum absolute atomic E-state index is 13.4. The Kier molecular flexibility index (Phi) is 10.5. The minimum atomic E-state index is -0.328. The molecule has 12 nitrogen and oxygen atoms in total. The second-order valence-corrected chi connectivity index (χ2v) is 14.5. The van der Waals surface area contributed by atoms with Gasteiger partial charge in [-0.2, -0.15) is 0 Å². The lowest BCUT2D eigenvalue weighted by Gasteiger charge is -2.38. The number of halogens is 2. The van der Waals surface area contributed by atoms with Gasteiger partial charge in [0.05, 0.1) is 11.9 Å². The van der Waals surface area contributed by atoms with Gasteiger partial charge in [0, 0.05) is 78.3 Å². The van der Waals surface area contributed by atoms with Crippen molar-refractivity contribution in [2.45, 2.75) is 12.3 Å². The molecule has 0 spiro atoms. The summed E-state index contributed by atoms with van der Waals surface area (Å²) < 4.78 is 5.57. The topological polar surface area (TPSA) is 150 Å². The van der Waals surface area contributed by atoms with E-state index >= 15 is 0 Å². The van der Waals surface area contributed by atoms with E-state index in [2.05, 4.69) is 52.5 Å². The molecule has 14 heteroatoms. The van der Waals surface area contributed by atoms with E-state index in [1.165, 1.54) is 0 Å². The van der Waals surface area contributed by atoms with Crippen LogP contribution in [-0.4, -0.2) is 66.4 Å². The van der Waals surface area contributed by atoms with Crippen LogP contribution in [-0.2, 0) is 20.5 Å². The molecule has 1 aliphatic rings. The number of nitrogens with zero attached hydrogens (tertiary/aromatic N) is 6. The highest BCUT2D eigenvalue weighted by atomic mass is 79.9. The molecule has 4 aromatic heterocycles. The number of hydrogen-bond acceptors (Lipinski definition) is 6. The Bertz CT molecular complexity index is 2250. The Morgan fingerprint density at radius 2 is 1.38 bits per heavy atom. The fourth-order valence-electron chi connectivity index (χ4n) is 6.67. The van der Waals surface area contributed by atoms with E-state index in [9.17, 15) is 9.59 Å². The van der Waals surface area contributed by atoms with Gasteiger partial charge in [0.2, 0.25) is 11.9 Å². The van der Waals surface area contributed by atoms with Gasteiger partial charge in [-0.3, -0.25) is 9.59 Å². The van der Waals surface area contributed by atoms with E-state index in [0.717, 1.165) is 37.2 Å². The molecule has 6 aromatic rings. The Morgan fingerprint density at radius 3 is 1.94 bits per heavy atom. The van der Waals surface area contributed by atoms with E-state index in [1.807, 2.05) is 96.3 Å². The summed E-state index contributed by atoms with van der Waals surface area (Å²) in [4.78, 5) is 52.1. The average Bonchev–Trinajstić information content (AvgIpc) is 3.95. The van der Waals surface area contributed by atoms with E-state index in [4.69, 9.17) is 20.0 Å². The second kappa shape index (κ2) is 15.5. The monoisotopic (exact) mass is 822 g/mol. The van der Waals surface area contributed by atoms with E-state index in [-0.39, 0.29) is 29.6 Å². The van der Waals surface area contributed by atoms with Crippen LogP contribution in [0.2, 0.25) is 0 Å². The smallest absolute Gasteiger partial charge is 0.267 e. The van der Waals surface area contributed by atoms with Crippen molar-refractivity contribution in [2.75, 3.05) is 13.1 Å². The summed E-state index contributed by atoms with van der Waals surface area (Å²) >= 11 is 6.84. The predicted molar refractivity (Wildman–Crippen MR) is 208 cm³/mol. The van der Waals surface area contributed by atoms with Crippen LogP contribution in [0.25, 0.3) is 0 Å². The molecule has 4 N–H and O–H groups in total. The highest BCUT2D eigenvalue weighted by Gasteiger charge is 2.43. The molecule has 52 heavy (non-hydrogen) atoms. The summed E-state index contributed by atoms with van der Waals surface area (Å²) in [6.45, 7) is 0.659. The van der Waals surface area contributed by atoms with Crippen LogP contribution in [0.5, 0.6) is 0 Å². The number of aliphatic imine (C=N–C) groups is 2. The molecule has 0 radical (unpaired) electrons. The lowest BCUT2D eigenvalue weighted by atomic mass is 9.70. The van der Waals surface area contributed by atoms with Crippen molar-refractivity contribution >= 4 is 68.0 Å². The van der Waals surface area contributed by atoms with Crippen LogP contribution >= 0.6 is 31.9 Å². The number of carbonyl (C=O) groups excluding carboxylic acids is 2. The van der Waals surface area contributed by atoms with Crippen molar-refractivity contribution in [3.05, 3.63) is 140 Å². The predicted octanol–water partition coefficient (Wildman–Crippen LogP) is 6.62. The van der Waals surface area contributed by atoms with Gasteiger partial charge in [-0.05, 0) is 73.4 Å². The molecule has 0 saturated heterocycles. The highest BCUT2D eigenvalue weighted by Crippen LogP contribution is 2.45. The third-order valence-corrected chi connectivity index (χ3v) is 10.3. The number of aromatic amines is 2. The summed E-state index contributed by atoms with van der Waals surface area (Å²) in [6, 6.07) is 23.2. The van der Waals surface area contributed by atoms with Crippen molar-refractivity contribution in [1.29, 1.82) is 0 Å². The number of rotatable bonds is 11. The van der Waals surface area contributed by atoms with Crippen molar-refractivity contribution in [3.63, 3.8) is 0 Å². The maximum atomic E-state index is 13.4. The molecular weight excluding hydrogens is 788 g/mol. The highest BCUT2D eigenvalue weighted by molar-refractivity contribution is 9.10. The number of aromatic nitrogens is 6. The lowest BCUT2D eigenvalue weighted by Crippen LogP contribution is -2.45. The van der Waals surface area contributed by atoms with E-state index < -0.39 is 0 Å². The third kappa shape index (κ3) is 7.63. The Morgan fingerprint density at radius 1 is 0.827 bits per heavy atom. The van der Waals surface area contributed by atoms with Crippen LogP contribution in [0.3, 0.4) is 0 Å². The van der Waals surface area contributed by atoms with Gasteiger partial charge >= 0.3 is 0 Å². The summed E-state index contributed by atoms with van der Waals surface area (Å²) in [7, 11) is 3.91. The van der Waals surface area contributed by atoms with Gasteiger partial charge in [-0.15, -0.1) is 0 Å². The zero-order valence-corrected chi connectivity index (χ0v) is 31.6. The summed E-state index contributed by atoms with van der Waals surface area (Å²) in [5.41, 5.74) is 5.54. The van der Waals surface area contributed by atoms with Crippen LogP contribution in [0.1, 0.15) is 55.1 Å². The second-order valence-electron chi connectivity index (χ2n) is 12.7. The lowest BCUT2D eigenvalue weighted by molar-refractivity contribution is 0.0906. The van der Waals surface area contributed by atoms with Crippen LogP contribution < -0.4 is 10.6 Å². The normalized spacial score (nSPS) is 17.1. The molecule has 0 saturated carbocycles. The molecule has 1 aliphatic carbocycles. The van der Waals surface area contributed by atoms with Crippen LogP contribution in [0, 0.1) is 11.8 Å². The average molecular weight is 825 g/mol. The molecule has 2 aromatic carbocycles. The van der Waals surface area contributed by atoms with Gasteiger partial charge < -0.3 is 29.7 Å². The molecule has 0 unspecified atom stereocenters. The van der Waals surface area contributed by atoms with Gasteiger partial charge in [0.1, 0.15) is 11.4 Å². The van der Waals surface area contributed by atoms with Gasteiger partial charge in [-0.25, -0.2) is 20.0 Å². The summed E-state index contributed by atoms with van der Waals surface area (Å²) in [5.74, 6) is 0.000374. The molecule has 0 aliphatic heterocycles. The molecule has 4 heterocycles. The van der Waals surface area contributed by atoms with Crippen molar-refractivity contribution in [1.82, 2.24) is 39.7 Å². The Hall–Kier alpha value is -5.34. The zero-order valence-electron chi connectivity index (χ0n) is 28.4. The van der Waals surface area contributed by atoms with Gasteiger partial charge in [-0.1, -0.05) is 60.7 Å². The number of fused-ring (bicyclic) bond motifs is 1. The van der Waals surface area contributed by atoms with Crippen LogP contribution in [0.4, 0.5) is 11.9 Å². The number of H-pyrrole nitrogens is 2. The third-order valence-electron chi connectivity index (χ3n) is 9.39. The van der Waals surface area contributed by atoms with Crippen molar-refractivity contribution in [2.24, 2.45) is 35.9 Å². The standard InChI is InChI=1S/C38H36Br2N10O2/c1-49-31-13-25(18-43-35(51)29-14-26(39)19-41-29)28(21-44-36(52)30-15-27(40)20-42-30)33(34(31)48-38(49)46-17-24-11-7-4-8-12-24)32-22-47-37(50(32)2)45-16-23-9-5-3-6-10-23/h3-12,14-17,19-20,22,25,28,33,41-42H,13,18,21H2,1-2H3,(H,43,51)(H,44,52)/b45-16+,46-17+/t25-,28-,33-/m1/s1. The van der Waals surface area contributed by atoms with Crippen LogP contribution in [0.15, 0.2) is 110 Å². The largest absolute Gasteiger partial charge is 0.356 e. The number of nitrogens with one attached hydrogen (secondary N) is 4. The minimum absolute atomic E-state index is 0.108. The van der Waals surface area contributed by atoms with Gasteiger partial charge in [0.15, 0.2) is 0 Å². The molecule has 3 atom stereocenters. The zero-order chi connectivity index (χ0) is 36.2. The number of amides is 2. The SMILES string of the molecule is Cn1c([C@@H]2c3nc(/N=C/c4ccccc4)n(C)c3C[C@H](CNC(=O)c3cc(Br)c[nH]3)[C@H]2CNC(=O)c2cc(Br)c[nH]2)cnc1/N=C/c1ccccc1. The molecule has 264 valence electrons. The Labute approximate surface area is 317 Å². The first-order valence-corrected chi connectivity index (χ1v) is 18.3. The molecule has 0 bridgehead atoms. The summed E-state index contributed by atoms with van der Waals surface area (Å²) in [5, 5.41) is 6.31. The first kappa shape index (κ1) is 35.1. The number of imidazole rings is 2. The number of carbonyl (C=O) groups is 2. The van der Waals surface area contributed by atoms with E-state index in [1.54, 1.807) is 30.7 Å². The van der Waals surface area contributed by atoms with Gasteiger partial charge in [0.25, 0.3) is 11.8 Å². The molecule has 2 amide bonds. The fraction of sp³-hybridized carbons (Fsp3) is 0.211. The Balaban J connectivity index is 1.29. The maximum Gasteiger partial charge on any atom is 0.267 e. The quantitative estimate of drug-likeness (QED) is 0.109. The van der Waals surface area contributed by atoms with E-state index in [0.29, 0.717) is 42.8 Å². The number of hydrogen-bond donors (Lipinski definition) is 4. The van der Waals surface area contributed by atoms with Crippen molar-refractivity contribution < 1.29 is 9.59 Å². The molecular formula is C38H36Br2N10O2. The fourth-order valence-corrected chi connectivity index (χ4v) is 7.36. The molecule has 0 fully saturated rings.